The molecule has 0 aliphatic rings. The monoisotopic (exact) mass is 532 g/mol. The fraction of sp³-hybridized carbons (Fsp3) is 0.929. The van der Waals surface area contributed by atoms with Crippen molar-refractivity contribution < 1.29 is 84.5 Å². The topological polar surface area (TPSA) is 35.5 Å². The minimum absolute atomic E-state index is 0.0432. The summed E-state index contributed by atoms with van der Waals surface area (Å²) in [4.78, 5) is 11.0. The SMILES string of the molecule is CC[C@H](C)OC(=O)OCC(F)(F)C(F)(F)C(F)(F)C(F)(F)C(F)(F)C(F)(F)C(F)(F)C(F)F. The maximum Gasteiger partial charge on any atom is 0.508 e. The molecule has 0 N–H and O–H groups in total. The average Bonchev–Trinajstić information content (AvgIpc) is 2.65. The average molecular weight is 532 g/mol. The quantitative estimate of drug-likeness (QED) is 0.221. The summed E-state index contributed by atoms with van der Waals surface area (Å²) in [6, 6.07) is 0. The van der Waals surface area contributed by atoms with E-state index in [0.717, 1.165) is 6.92 Å². The molecular formula is C14H12F16O3. The largest absolute Gasteiger partial charge is 0.508 e. The highest BCUT2D eigenvalue weighted by molar-refractivity contribution is 5.60. The summed E-state index contributed by atoms with van der Waals surface area (Å²) in [6.45, 7) is -0.882. The normalized spacial score (nSPS) is 16.1. The zero-order valence-corrected chi connectivity index (χ0v) is 15.8. The van der Waals surface area contributed by atoms with E-state index in [0.29, 0.717) is 0 Å². The van der Waals surface area contributed by atoms with Gasteiger partial charge in [0.2, 0.25) is 0 Å². The van der Waals surface area contributed by atoms with Crippen molar-refractivity contribution in [1.29, 1.82) is 0 Å². The van der Waals surface area contributed by atoms with Crippen LogP contribution in [-0.4, -0.2) is 66.7 Å². The molecule has 1 atom stereocenters. The van der Waals surface area contributed by atoms with E-state index in [-0.39, 0.29) is 6.42 Å². The molecule has 0 aliphatic heterocycles. The number of carbonyl (C=O) groups excluding carboxylic acids is 1. The van der Waals surface area contributed by atoms with Crippen LogP contribution in [0.5, 0.6) is 0 Å². The summed E-state index contributed by atoms with van der Waals surface area (Å²) in [6.07, 6.45) is -9.36. The van der Waals surface area contributed by atoms with E-state index in [9.17, 15) is 75.0 Å². The van der Waals surface area contributed by atoms with E-state index in [1.54, 1.807) is 0 Å². The van der Waals surface area contributed by atoms with Crippen molar-refractivity contribution in [3.05, 3.63) is 0 Å². The minimum Gasteiger partial charge on any atom is -0.431 e. The Morgan fingerprint density at radius 2 is 1.06 bits per heavy atom. The smallest absolute Gasteiger partial charge is 0.431 e. The van der Waals surface area contributed by atoms with Crippen LogP contribution in [0.3, 0.4) is 0 Å². The molecule has 0 aromatic rings. The summed E-state index contributed by atoms with van der Waals surface area (Å²) >= 11 is 0. The minimum atomic E-state index is -8.49. The molecule has 0 amide bonds. The van der Waals surface area contributed by atoms with Gasteiger partial charge in [0.25, 0.3) is 0 Å². The molecule has 0 spiro atoms. The molecule has 198 valence electrons. The zero-order valence-electron chi connectivity index (χ0n) is 15.8. The number of alkyl halides is 16. The Bertz CT molecular complexity index is 690. The molecule has 0 unspecified atom stereocenters. The van der Waals surface area contributed by atoms with Gasteiger partial charge in [0.15, 0.2) is 6.61 Å². The number of ether oxygens (including phenoxy) is 2. The van der Waals surface area contributed by atoms with E-state index in [1.807, 2.05) is 0 Å². The maximum absolute atomic E-state index is 13.5. The first-order valence-electron chi connectivity index (χ1n) is 8.05. The predicted molar refractivity (Wildman–Crippen MR) is 72.8 cm³/mol. The van der Waals surface area contributed by atoms with Crippen molar-refractivity contribution >= 4 is 6.16 Å². The predicted octanol–water partition coefficient (Wildman–Crippen LogP) is 6.65. The first-order valence-corrected chi connectivity index (χ1v) is 8.05. The summed E-state index contributed by atoms with van der Waals surface area (Å²) in [5, 5.41) is 0. The fourth-order valence-electron chi connectivity index (χ4n) is 1.69. The molecule has 0 bridgehead atoms. The van der Waals surface area contributed by atoms with Gasteiger partial charge in [0.05, 0.1) is 0 Å². The molecule has 0 saturated heterocycles. The van der Waals surface area contributed by atoms with Gasteiger partial charge >= 0.3 is 54.0 Å². The molecule has 0 rings (SSSR count). The Labute approximate surface area is 173 Å². The highest BCUT2D eigenvalue weighted by Gasteiger charge is 2.93. The third kappa shape index (κ3) is 4.85. The summed E-state index contributed by atoms with van der Waals surface area (Å²) in [5.41, 5.74) is 0. The number of carbonyl (C=O) groups is 1. The van der Waals surface area contributed by atoms with Crippen LogP contribution in [-0.2, 0) is 9.47 Å². The Balaban J connectivity index is 6.22. The molecule has 0 aromatic heterocycles. The third-order valence-corrected chi connectivity index (χ3v) is 3.97. The summed E-state index contributed by atoms with van der Waals surface area (Å²) in [5.74, 6) is -55.4. The van der Waals surface area contributed by atoms with Crippen molar-refractivity contribution in [2.45, 2.75) is 74.3 Å². The van der Waals surface area contributed by atoms with Gasteiger partial charge in [-0.1, -0.05) is 6.92 Å². The maximum atomic E-state index is 13.5. The van der Waals surface area contributed by atoms with Gasteiger partial charge in [0.1, 0.15) is 6.10 Å². The Hall–Kier alpha value is -1.85. The second kappa shape index (κ2) is 9.07. The number of rotatable bonds is 11. The van der Waals surface area contributed by atoms with Gasteiger partial charge in [-0.25, -0.2) is 13.6 Å². The van der Waals surface area contributed by atoms with Crippen LogP contribution in [0.15, 0.2) is 0 Å². The van der Waals surface area contributed by atoms with E-state index in [4.69, 9.17) is 0 Å². The van der Waals surface area contributed by atoms with Gasteiger partial charge in [-0.3, -0.25) is 0 Å². The molecule has 0 fully saturated rings. The van der Waals surface area contributed by atoms with Crippen molar-refractivity contribution in [3.63, 3.8) is 0 Å². The number of hydrogen-bond donors (Lipinski definition) is 0. The lowest BCUT2D eigenvalue weighted by atomic mass is 9.89. The van der Waals surface area contributed by atoms with Crippen LogP contribution < -0.4 is 0 Å². The molecule has 0 heterocycles. The van der Waals surface area contributed by atoms with Crippen LogP contribution >= 0.6 is 0 Å². The zero-order chi connectivity index (χ0) is 27.1. The van der Waals surface area contributed by atoms with Crippen LogP contribution in [0.1, 0.15) is 20.3 Å². The van der Waals surface area contributed by atoms with Gasteiger partial charge in [-0.05, 0) is 13.3 Å². The van der Waals surface area contributed by atoms with E-state index >= 15 is 0 Å². The molecule has 3 nitrogen and oxygen atoms in total. The first-order chi connectivity index (χ1) is 14.3. The fourth-order valence-corrected chi connectivity index (χ4v) is 1.69. The van der Waals surface area contributed by atoms with Crippen LogP contribution in [0.25, 0.3) is 0 Å². The second-order valence-corrected chi connectivity index (χ2v) is 6.38. The molecule has 0 aliphatic carbocycles. The van der Waals surface area contributed by atoms with Crippen molar-refractivity contribution in [2.24, 2.45) is 0 Å². The van der Waals surface area contributed by atoms with Crippen LogP contribution in [0.4, 0.5) is 75.0 Å². The molecule has 0 aromatic carbocycles. The van der Waals surface area contributed by atoms with Crippen LogP contribution in [0, 0.1) is 0 Å². The van der Waals surface area contributed by atoms with Crippen molar-refractivity contribution in [2.75, 3.05) is 6.61 Å². The molecule has 33 heavy (non-hydrogen) atoms. The van der Waals surface area contributed by atoms with Crippen molar-refractivity contribution in [3.8, 4) is 0 Å². The molecule has 19 heteroatoms. The highest BCUT2D eigenvalue weighted by atomic mass is 19.4. The van der Waals surface area contributed by atoms with Gasteiger partial charge in [-0.15, -0.1) is 0 Å². The molecule has 0 saturated carbocycles. The standard InChI is InChI=1S/C14H12F16O3/c1-3-5(2)33-7(31)32-4-8(17,18)10(21,22)12(25,26)14(29,30)13(27,28)11(23,24)9(19,20)6(15)16/h5-6H,3-4H2,1-2H3/t5-/m0/s1. The second-order valence-electron chi connectivity index (χ2n) is 6.38. The van der Waals surface area contributed by atoms with E-state index < -0.39 is 66.7 Å². The van der Waals surface area contributed by atoms with Gasteiger partial charge in [0, 0.05) is 0 Å². The number of hydrogen-bond acceptors (Lipinski definition) is 3. The highest BCUT2D eigenvalue weighted by Crippen LogP contribution is 2.62. The Morgan fingerprint density at radius 3 is 1.42 bits per heavy atom. The number of halogens is 16. The van der Waals surface area contributed by atoms with Crippen molar-refractivity contribution in [1.82, 2.24) is 0 Å². The van der Waals surface area contributed by atoms with E-state index in [2.05, 4.69) is 9.47 Å². The Kier molecular flexibility index (Phi) is 8.56. The van der Waals surface area contributed by atoms with Gasteiger partial charge < -0.3 is 9.47 Å². The van der Waals surface area contributed by atoms with Gasteiger partial charge in [-0.2, -0.15) is 61.5 Å². The summed E-state index contributed by atoms with van der Waals surface area (Å²) < 4.78 is 217. The lowest BCUT2D eigenvalue weighted by Crippen LogP contribution is -2.74. The lowest BCUT2D eigenvalue weighted by Gasteiger charge is -2.42. The lowest BCUT2D eigenvalue weighted by molar-refractivity contribution is -0.447. The summed E-state index contributed by atoms with van der Waals surface area (Å²) in [7, 11) is 0. The molecule has 0 radical (unpaired) electrons. The van der Waals surface area contributed by atoms with E-state index in [1.165, 1.54) is 6.92 Å². The third-order valence-electron chi connectivity index (χ3n) is 3.97. The Morgan fingerprint density at radius 1 is 0.697 bits per heavy atom. The molecular weight excluding hydrogens is 520 g/mol. The first kappa shape index (κ1) is 31.1. The van der Waals surface area contributed by atoms with Crippen LogP contribution in [0.2, 0.25) is 0 Å².